The highest BCUT2D eigenvalue weighted by atomic mass is 35.5. The van der Waals surface area contributed by atoms with Gasteiger partial charge >= 0.3 is 0 Å². The molecule has 0 aromatic carbocycles. The number of thioether (sulfide) groups is 1. The third kappa shape index (κ3) is 2.24. The molecule has 1 saturated heterocycles. The molecule has 0 saturated carbocycles. The number of halogens is 1. The maximum absolute atomic E-state index is 10.4. The molecule has 2 heterocycles. The molecule has 0 spiro atoms. The number of aliphatic hydroxyl groups excluding tert-OH is 1. The van der Waals surface area contributed by atoms with Gasteiger partial charge in [0.2, 0.25) is 0 Å². The van der Waals surface area contributed by atoms with Crippen molar-refractivity contribution in [1.82, 2.24) is 9.78 Å². The largest absolute Gasteiger partial charge is 0.386 e. The number of hydrogen-bond donors (Lipinski definition) is 1. The van der Waals surface area contributed by atoms with E-state index in [0.29, 0.717) is 5.02 Å². The van der Waals surface area contributed by atoms with Crippen LogP contribution >= 0.6 is 23.4 Å². The van der Waals surface area contributed by atoms with E-state index >= 15 is 0 Å². The van der Waals surface area contributed by atoms with E-state index in [0.717, 1.165) is 17.9 Å². The molecule has 1 aliphatic rings. The van der Waals surface area contributed by atoms with E-state index in [2.05, 4.69) is 5.10 Å². The zero-order chi connectivity index (χ0) is 11.7. The van der Waals surface area contributed by atoms with Crippen molar-refractivity contribution in [1.29, 1.82) is 0 Å². The number of rotatable bonds is 3. The quantitative estimate of drug-likeness (QED) is 0.908. The normalized spacial score (nSPS) is 22.9. The topological polar surface area (TPSA) is 38.0 Å². The summed E-state index contributed by atoms with van der Waals surface area (Å²) in [5, 5.41) is 15.4. The fraction of sp³-hybridized carbons (Fsp3) is 0.727. The lowest BCUT2D eigenvalue weighted by atomic mass is 10.1. The van der Waals surface area contributed by atoms with E-state index in [-0.39, 0.29) is 11.3 Å². The van der Waals surface area contributed by atoms with Gasteiger partial charge in [0.15, 0.2) is 0 Å². The van der Waals surface area contributed by atoms with Gasteiger partial charge in [0.1, 0.15) is 6.10 Å². The summed E-state index contributed by atoms with van der Waals surface area (Å²) in [6.07, 6.45) is 3.37. The monoisotopic (exact) mass is 260 g/mol. The van der Waals surface area contributed by atoms with E-state index in [9.17, 15) is 5.11 Å². The Kier molecular flexibility index (Phi) is 3.82. The molecule has 0 bridgehead atoms. The van der Waals surface area contributed by atoms with Crippen molar-refractivity contribution in [3.8, 4) is 0 Å². The molecule has 5 heteroatoms. The third-order valence-electron chi connectivity index (χ3n) is 2.87. The minimum absolute atomic E-state index is 0.226. The summed E-state index contributed by atoms with van der Waals surface area (Å²) in [4.78, 5) is 0. The summed E-state index contributed by atoms with van der Waals surface area (Å²) in [6.45, 7) is 4.09. The van der Waals surface area contributed by atoms with Gasteiger partial charge in [0.25, 0.3) is 0 Å². The Hall–Kier alpha value is -0.190. The van der Waals surface area contributed by atoms with Crippen molar-refractivity contribution in [3.05, 3.63) is 16.9 Å². The molecular weight excluding hydrogens is 244 g/mol. The highest BCUT2D eigenvalue weighted by molar-refractivity contribution is 8.00. The van der Waals surface area contributed by atoms with Crippen molar-refractivity contribution in [2.45, 2.75) is 44.1 Å². The lowest BCUT2D eigenvalue weighted by Crippen LogP contribution is -2.18. The molecule has 1 aromatic rings. The predicted molar refractivity (Wildman–Crippen MR) is 68.1 cm³/mol. The molecule has 0 amide bonds. The van der Waals surface area contributed by atoms with Gasteiger partial charge in [-0.2, -0.15) is 16.9 Å². The number of aliphatic hydroxyl groups is 1. The lowest BCUT2D eigenvalue weighted by Gasteiger charge is -2.20. The van der Waals surface area contributed by atoms with Crippen LogP contribution in [0.5, 0.6) is 0 Å². The first kappa shape index (κ1) is 12.3. The second kappa shape index (κ2) is 4.98. The SMILES string of the molecule is CC(C)n1ncc(Cl)c1C(O)C1CCCS1. The van der Waals surface area contributed by atoms with E-state index in [4.69, 9.17) is 11.6 Å². The van der Waals surface area contributed by atoms with E-state index in [1.54, 1.807) is 6.20 Å². The van der Waals surface area contributed by atoms with Crippen molar-refractivity contribution in [2.24, 2.45) is 0 Å². The summed E-state index contributed by atoms with van der Waals surface area (Å²) in [6, 6.07) is 0.226. The molecule has 0 aliphatic carbocycles. The molecule has 1 N–H and O–H groups in total. The smallest absolute Gasteiger partial charge is 0.109 e. The summed E-state index contributed by atoms with van der Waals surface area (Å²) in [5.74, 6) is 1.13. The number of nitrogens with zero attached hydrogens (tertiary/aromatic N) is 2. The maximum Gasteiger partial charge on any atom is 0.109 e. The zero-order valence-corrected chi connectivity index (χ0v) is 11.1. The Morgan fingerprint density at radius 3 is 2.94 bits per heavy atom. The summed E-state index contributed by atoms with van der Waals surface area (Å²) in [5.41, 5.74) is 0.774. The van der Waals surface area contributed by atoms with Crippen molar-refractivity contribution >= 4 is 23.4 Å². The van der Waals surface area contributed by atoms with Gasteiger partial charge in [-0.05, 0) is 32.4 Å². The molecule has 1 aromatic heterocycles. The molecular formula is C11H17ClN2OS. The third-order valence-corrected chi connectivity index (χ3v) is 4.61. The zero-order valence-electron chi connectivity index (χ0n) is 9.56. The minimum atomic E-state index is -0.495. The maximum atomic E-state index is 10.4. The first-order chi connectivity index (χ1) is 7.61. The van der Waals surface area contributed by atoms with Crippen LogP contribution in [0.15, 0.2) is 6.20 Å². The fourth-order valence-corrected chi connectivity index (χ4v) is 3.59. The van der Waals surface area contributed by atoms with Gasteiger partial charge in [-0.3, -0.25) is 4.68 Å². The predicted octanol–water partition coefficient (Wildman–Crippen LogP) is 3.05. The van der Waals surface area contributed by atoms with Gasteiger partial charge < -0.3 is 5.11 Å². The second-order valence-corrected chi connectivity index (χ2v) is 6.17. The van der Waals surface area contributed by atoms with Crippen LogP contribution in [0.2, 0.25) is 5.02 Å². The lowest BCUT2D eigenvalue weighted by molar-refractivity contribution is 0.160. The molecule has 16 heavy (non-hydrogen) atoms. The molecule has 1 aliphatic heterocycles. The van der Waals surface area contributed by atoms with Crippen LogP contribution in [0.3, 0.4) is 0 Å². The summed E-state index contributed by atoms with van der Waals surface area (Å²) < 4.78 is 1.83. The van der Waals surface area contributed by atoms with Crippen LogP contribution in [0.4, 0.5) is 0 Å². The van der Waals surface area contributed by atoms with Crippen LogP contribution in [-0.4, -0.2) is 25.9 Å². The Balaban J connectivity index is 2.27. The van der Waals surface area contributed by atoms with Crippen LogP contribution in [-0.2, 0) is 0 Å². The van der Waals surface area contributed by atoms with E-state index < -0.39 is 6.10 Å². The molecule has 2 unspecified atom stereocenters. The molecule has 0 radical (unpaired) electrons. The average Bonchev–Trinajstić information content (AvgIpc) is 2.84. The van der Waals surface area contributed by atoms with E-state index in [1.807, 2.05) is 30.3 Å². The summed E-state index contributed by atoms with van der Waals surface area (Å²) in [7, 11) is 0. The van der Waals surface area contributed by atoms with Crippen LogP contribution in [0.1, 0.15) is 44.5 Å². The van der Waals surface area contributed by atoms with Gasteiger partial charge in [-0.25, -0.2) is 0 Å². The van der Waals surface area contributed by atoms with Gasteiger partial charge in [0.05, 0.1) is 16.9 Å². The average molecular weight is 261 g/mol. The first-order valence-corrected chi connectivity index (χ1v) is 7.06. The molecule has 2 atom stereocenters. The molecule has 90 valence electrons. The molecule has 3 nitrogen and oxygen atoms in total. The van der Waals surface area contributed by atoms with Crippen molar-refractivity contribution in [3.63, 3.8) is 0 Å². The number of hydrogen-bond acceptors (Lipinski definition) is 3. The molecule has 1 fully saturated rings. The summed E-state index contributed by atoms with van der Waals surface area (Å²) >= 11 is 7.94. The van der Waals surface area contributed by atoms with Crippen LogP contribution in [0.25, 0.3) is 0 Å². The van der Waals surface area contributed by atoms with Crippen LogP contribution < -0.4 is 0 Å². The van der Waals surface area contributed by atoms with Gasteiger partial charge in [0, 0.05) is 11.3 Å². The van der Waals surface area contributed by atoms with E-state index in [1.165, 1.54) is 6.42 Å². The Morgan fingerprint density at radius 2 is 2.38 bits per heavy atom. The highest BCUT2D eigenvalue weighted by Gasteiger charge is 2.30. The highest BCUT2D eigenvalue weighted by Crippen LogP contribution is 2.38. The number of aromatic nitrogens is 2. The Labute approximate surface area is 105 Å². The standard InChI is InChI=1S/C11H17ClN2OS/c1-7(2)14-10(8(12)6-13-14)11(15)9-4-3-5-16-9/h6-7,9,11,15H,3-5H2,1-2H3. The molecule has 2 rings (SSSR count). The van der Waals surface area contributed by atoms with Gasteiger partial charge in [-0.15, -0.1) is 0 Å². The Bertz CT molecular complexity index is 361. The van der Waals surface area contributed by atoms with Crippen molar-refractivity contribution < 1.29 is 5.11 Å². The first-order valence-electron chi connectivity index (χ1n) is 5.64. The van der Waals surface area contributed by atoms with Gasteiger partial charge in [-0.1, -0.05) is 11.6 Å². The van der Waals surface area contributed by atoms with Crippen molar-refractivity contribution in [2.75, 3.05) is 5.75 Å². The fourth-order valence-electron chi connectivity index (χ4n) is 2.07. The Morgan fingerprint density at radius 1 is 1.62 bits per heavy atom. The second-order valence-electron chi connectivity index (χ2n) is 4.41. The van der Waals surface area contributed by atoms with Crippen LogP contribution in [0, 0.1) is 0 Å². The minimum Gasteiger partial charge on any atom is -0.386 e.